The molecule has 2 rings (SSSR count). The highest BCUT2D eigenvalue weighted by Crippen LogP contribution is 2.30. The van der Waals surface area contributed by atoms with Gasteiger partial charge < -0.3 is 54.7 Å². The molecule has 0 radical (unpaired) electrons. The number of rotatable bonds is 23. The van der Waals surface area contributed by atoms with Crippen LogP contribution in [0.4, 0.5) is 0 Å². The van der Waals surface area contributed by atoms with E-state index in [1.165, 1.54) is 77.0 Å². The third-order valence-electron chi connectivity index (χ3n) is 8.89. The summed E-state index contributed by atoms with van der Waals surface area (Å²) in [5.74, 6) is 0.287. The van der Waals surface area contributed by atoms with Crippen LogP contribution in [-0.2, 0) is 18.9 Å². The molecule has 2 heterocycles. The van der Waals surface area contributed by atoms with Crippen LogP contribution < -0.4 is 0 Å². The molecule has 0 saturated carbocycles. The van der Waals surface area contributed by atoms with Crippen molar-refractivity contribution in [3.63, 3.8) is 0 Å². The van der Waals surface area contributed by atoms with Gasteiger partial charge in [0.2, 0.25) is 0 Å². The van der Waals surface area contributed by atoms with Gasteiger partial charge in [-0.2, -0.15) is 0 Å². The maximum atomic E-state index is 10.9. The van der Waals surface area contributed by atoms with Crippen LogP contribution in [0.3, 0.4) is 0 Å². The average Bonchev–Trinajstić information content (AvgIpc) is 3.01. The molecule has 2 aliphatic heterocycles. The molecule has 2 saturated heterocycles. The monoisotopic (exact) mass is 622 g/mol. The second-order valence-corrected chi connectivity index (χ2v) is 12.5. The number of hydrogen-bond donors (Lipinski definition) is 7. The number of unbranched alkanes of at least 4 members (excludes halogenated alkanes) is 12. The fourth-order valence-electron chi connectivity index (χ4n) is 6.02. The average molecular weight is 623 g/mol. The van der Waals surface area contributed by atoms with Crippen molar-refractivity contribution in [2.24, 2.45) is 5.92 Å². The number of aliphatic hydroxyl groups excluding tert-OH is 7. The topological polar surface area (TPSA) is 179 Å². The Morgan fingerprint density at radius 2 is 1.00 bits per heavy atom. The number of hydrogen-bond acceptors (Lipinski definition) is 11. The Kier molecular flexibility index (Phi) is 20.0. The Bertz CT molecular complexity index is 682. The second-order valence-electron chi connectivity index (χ2n) is 12.5. The Morgan fingerprint density at radius 3 is 1.51 bits per heavy atom. The normalized spacial score (nSPS) is 34.0. The molecule has 0 spiro atoms. The molecule has 2 fully saturated rings. The third-order valence-corrected chi connectivity index (χ3v) is 8.89. The molecule has 0 aromatic carbocycles. The number of ether oxygens (including phenoxy) is 4. The van der Waals surface area contributed by atoms with Crippen molar-refractivity contribution < 1.29 is 54.7 Å². The van der Waals surface area contributed by atoms with Gasteiger partial charge in [-0.05, 0) is 18.8 Å². The summed E-state index contributed by atoms with van der Waals surface area (Å²) in [5, 5.41) is 71.6. The molecular weight excluding hydrogens is 560 g/mol. The van der Waals surface area contributed by atoms with Crippen molar-refractivity contribution in [3.05, 3.63) is 0 Å². The molecule has 2 aliphatic rings. The minimum absolute atomic E-state index is 0.287. The van der Waals surface area contributed by atoms with Crippen molar-refractivity contribution >= 4 is 0 Å². The Labute approximate surface area is 258 Å². The highest BCUT2D eigenvalue weighted by Gasteiger charge is 2.50. The fourth-order valence-corrected chi connectivity index (χ4v) is 6.02. The van der Waals surface area contributed by atoms with E-state index in [-0.39, 0.29) is 5.92 Å². The minimum Gasteiger partial charge on any atom is -0.394 e. The SMILES string of the molecule is CCCCCCCCCCC(CCCCCCCC)CO[C@@H]1O[C@H](CO)[C@@H](O[C@H]2O[C@H](CO)[C@@H](O)[C@H](O)[C@H]2O)[C@H](O)[C@H]1O. The first-order chi connectivity index (χ1) is 20.8. The maximum absolute atomic E-state index is 10.9. The van der Waals surface area contributed by atoms with Crippen LogP contribution >= 0.6 is 0 Å². The lowest BCUT2D eigenvalue weighted by Crippen LogP contribution is -2.64. The first kappa shape index (κ1) is 38.7. The molecule has 11 atom stereocenters. The van der Waals surface area contributed by atoms with Crippen LogP contribution in [0, 0.1) is 5.92 Å². The summed E-state index contributed by atoms with van der Waals surface area (Å²) < 4.78 is 22.9. The fraction of sp³-hybridized carbons (Fsp3) is 1.00. The van der Waals surface area contributed by atoms with E-state index in [2.05, 4.69) is 13.8 Å². The van der Waals surface area contributed by atoms with Crippen LogP contribution in [0.25, 0.3) is 0 Å². The van der Waals surface area contributed by atoms with Crippen molar-refractivity contribution in [2.75, 3.05) is 19.8 Å². The van der Waals surface area contributed by atoms with Crippen molar-refractivity contribution in [2.45, 2.75) is 178 Å². The molecule has 0 aliphatic carbocycles. The highest BCUT2D eigenvalue weighted by atomic mass is 16.7. The Balaban J connectivity index is 1.91. The van der Waals surface area contributed by atoms with E-state index < -0.39 is 74.6 Å². The molecule has 7 N–H and O–H groups in total. The predicted molar refractivity (Wildman–Crippen MR) is 161 cm³/mol. The van der Waals surface area contributed by atoms with Crippen LogP contribution in [0.15, 0.2) is 0 Å². The van der Waals surface area contributed by atoms with Gasteiger partial charge in [0.1, 0.15) is 48.8 Å². The second kappa shape index (κ2) is 22.1. The first-order valence-corrected chi connectivity index (χ1v) is 17.0. The van der Waals surface area contributed by atoms with Gasteiger partial charge in [0.05, 0.1) is 19.8 Å². The van der Waals surface area contributed by atoms with Gasteiger partial charge in [-0.25, -0.2) is 0 Å². The maximum Gasteiger partial charge on any atom is 0.187 e. The van der Waals surface area contributed by atoms with E-state index >= 15 is 0 Å². The lowest BCUT2D eigenvalue weighted by molar-refractivity contribution is -0.360. The summed E-state index contributed by atoms with van der Waals surface area (Å²) in [5.41, 5.74) is 0. The van der Waals surface area contributed by atoms with Gasteiger partial charge in [0.15, 0.2) is 12.6 Å². The summed E-state index contributed by atoms with van der Waals surface area (Å²) in [4.78, 5) is 0. The molecular formula is C32H62O11. The van der Waals surface area contributed by atoms with E-state index in [1.54, 1.807) is 0 Å². The van der Waals surface area contributed by atoms with Gasteiger partial charge in [-0.1, -0.05) is 104 Å². The largest absolute Gasteiger partial charge is 0.394 e. The number of aliphatic hydroxyl groups is 7. The van der Waals surface area contributed by atoms with Gasteiger partial charge in [0, 0.05) is 0 Å². The zero-order valence-corrected chi connectivity index (χ0v) is 26.5. The molecule has 11 nitrogen and oxygen atoms in total. The zero-order valence-electron chi connectivity index (χ0n) is 26.5. The van der Waals surface area contributed by atoms with E-state index in [9.17, 15) is 35.7 Å². The molecule has 0 amide bonds. The molecule has 1 unspecified atom stereocenters. The quantitative estimate of drug-likeness (QED) is 0.0833. The summed E-state index contributed by atoms with van der Waals surface area (Å²) in [6.45, 7) is 3.57. The summed E-state index contributed by atoms with van der Waals surface area (Å²) in [6.07, 6.45) is 4.83. The molecule has 0 aromatic heterocycles. The zero-order chi connectivity index (χ0) is 31.6. The van der Waals surface area contributed by atoms with Crippen LogP contribution in [-0.4, -0.2) is 117 Å². The molecule has 43 heavy (non-hydrogen) atoms. The third kappa shape index (κ3) is 13.1. The van der Waals surface area contributed by atoms with Crippen molar-refractivity contribution in [1.29, 1.82) is 0 Å². The predicted octanol–water partition coefficient (Wildman–Crippen LogP) is 2.52. The first-order valence-electron chi connectivity index (χ1n) is 17.0. The van der Waals surface area contributed by atoms with Crippen LogP contribution in [0.1, 0.15) is 117 Å². The summed E-state index contributed by atoms with van der Waals surface area (Å²) in [6, 6.07) is 0. The van der Waals surface area contributed by atoms with Crippen molar-refractivity contribution in [1.82, 2.24) is 0 Å². The smallest absolute Gasteiger partial charge is 0.187 e. The lowest BCUT2D eigenvalue weighted by Gasteiger charge is -2.46. The van der Waals surface area contributed by atoms with Crippen LogP contribution in [0.5, 0.6) is 0 Å². The molecule has 0 bridgehead atoms. The van der Waals surface area contributed by atoms with Crippen molar-refractivity contribution in [3.8, 4) is 0 Å². The van der Waals surface area contributed by atoms with Gasteiger partial charge >= 0.3 is 0 Å². The lowest BCUT2D eigenvalue weighted by atomic mass is 9.94. The molecule has 0 aromatic rings. The highest BCUT2D eigenvalue weighted by molar-refractivity contribution is 4.94. The Hall–Kier alpha value is -0.440. The Morgan fingerprint density at radius 1 is 0.535 bits per heavy atom. The van der Waals surface area contributed by atoms with Gasteiger partial charge in [-0.3, -0.25) is 0 Å². The summed E-state index contributed by atoms with van der Waals surface area (Å²) >= 11 is 0. The molecule has 256 valence electrons. The van der Waals surface area contributed by atoms with E-state index in [0.29, 0.717) is 6.61 Å². The van der Waals surface area contributed by atoms with E-state index in [0.717, 1.165) is 25.7 Å². The van der Waals surface area contributed by atoms with E-state index in [1.807, 2.05) is 0 Å². The summed E-state index contributed by atoms with van der Waals surface area (Å²) in [7, 11) is 0. The standard InChI is InChI=1S/C32H62O11/c1-3-5-7-9-11-12-14-16-18-22(17-15-13-10-8-6-4-2)21-40-31-29(39)27(37)30(24(20-34)42-31)43-32-28(38)26(36)25(35)23(19-33)41-32/h22-39H,3-21H2,1-2H3/t22?,23-,24-,25-,26+,27-,28-,29-,30-,31-,32-/m1/s1. The van der Waals surface area contributed by atoms with Crippen LogP contribution in [0.2, 0.25) is 0 Å². The minimum atomic E-state index is -1.70. The molecule has 11 heteroatoms. The van der Waals surface area contributed by atoms with Gasteiger partial charge in [0.25, 0.3) is 0 Å². The van der Waals surface area contributed by atoms with Gasteiger partial charge in [-0.15, -0.1) is 0 Å². The van der Waals surface area contributed by atoms with E-state index in [4.69, 9.17) is 18.9 Å².